The molecule has 7 heteroatoms. The van der Waals surface area contributed by atoms with Gasteiger partial charge in [-0.3, -0.25) is 0 Å². The Morgan fingerprint density at radius 3 is 2.53 bits per heavy atom. The van der Waals surface area contributed by atoms with E-state index in [0.29, 0.717) is 16.9 Å². The lowest BCUT2D eigenvalue weighted by Crippen LogP contribution is -2.03. The molecule has 2 nitrogen and oxygen atoms in total. The third kappa shape index (κ3) is 2.93. The summed E-state index contributed by atoms with van der Waals surface area (Å²) in [6.07, 6.45) is -4.90. The fraction of sp³-hybridized carbons (Fsp3) is 0.250. The second-order valence-electron chi connectivity index (χ2n) is 3.98. The maximum atomic E-state index is 13.3. The van der Waals surface area contributed by atoms with Crippen molar-refractivity contribution in [2.45, 2.75) is 19.2 Å². The van der Waals surface area contributed by atoms with Gasteiger partial charge in [0.05, 0.1) is 4.88 Å². The summed E-state index contributed by atoms with van der Waals surface area (Å²) in [6.45, 7) is 1.56. The zero-order chi connectivity index (χ0) is 14.2. The van der Waals surface area contributed by atoms with E-state index in [-0.39, 0.29) is 10.4 Å². The van der Waals surface area contributed by atoms with Crippen LogP contribution in [0.1, 0.15) is 27.1 Å². The van der Waals surface area contributed by atoms with Crippen molar-refractivity contribution >= 4 is 11.3 Å². The van der Waals surface area contributed by atoms with Gasteiger partial charge in [-0.1, -0.05) is 12.1 Å². The van der Waals surface area contributed by atoms with Crippen LogP contribution in [0.25, 0.3) is 0 Å². The summed E-state index contributed by atoms with van der Waals surface area (Å²) in [5.41, 5.74) is 0.594. The number of alkyl halides is 3. The Hall–Kier alpha value is -1.47. The number of aliphatic hydroxyl groups excluding tert-OH is 1. The molecule has 0 radical (unpaired) electrons. The van der Waals surface area contributed by atoms with Crippen LogP contribution < -0.4 is 0 Å². The molecule has 0 saturated heterocycles. The van der Waals surface area contributed by atoms with Crippen molar-refractivity contribution in [3.05, 3.63) is 51.2 Å². The van der Waals surface area contributed by atoms with Crippen LogP contribution in [0.4, 0.5) is 17.6 Å². The number of aryl methyl sites for hydroxylation is 1. The predicted molar refractivity (Wildman–Crippen MR) is 62.3 cm³/mol. The van der Waals surface area contributed by atoms with Crippen LogP contribution in [0.5, 0.6) is 0 Å². The van der Waals surface area contributed by atoms with Gasteiger partial charge in [0.1, 0.15) is 11.9 Å². The highest BCUT2D eigenvalue weighted by atomic mass is 32.1. The fourth-order valence-electron chi connectivity index (χ4n) is 1.49. The molecule has 1 unspecified atom stereocenters. The molecule has 1 heterocycles. The van der Waals surface area contributed by atoms with E-state index in [1.807, 2.05) is 0 Å². The number of aliphatic hydroxyl groups is 1. The van der Waals surface area contributed by atoms with Crippen LogP contribution in [0.15, 0.2) is 24.4 Å². The second-order valence-corrected chi connectivity index (χ2v) is 5.04. The molecule has 19 heavy (non-hydrogen) atoms. The first-order chi connectivity index (χ1) is 8.79. The molecule has 0 aliphatic carbocycles. The first-order valence-corrected chi connectivity index (χ1v) is 6.07. The molecule has 0 aliphatic rings. The molecule has 102 valence electrons. The van der Waals surface area contributed by atoms with Crippen LogP contribution in [0.2, 0.25) is 0 Å². The van der Waals surface area contributed by atoms with E-state index in [0.717, 1.165) is 12.3 Å². The lowest BCUT2D eigenvalue weighted by molar-refractivity contribution is -0.137. The van der Waals surface area contributed by atoms with Gasteiger partial charge in [-0.15, -0.1) is 11.3 Å². The number of hydrogen-bond donors (Lipinski definition) is 1. The fourth-order valence-corrected chi connectivity index (χ4v) is 2.29. The molecule has 0 saturated carbocycles. The Morgan fingerprint density at radius 2 is 2.00 bits per heavy atom. The van der Waals surface area contributed by atoms with Gasteiger partial charge in [-0.2, -0.15) is 13.2 Å². The normalized spacial score (nSPS) is 13.6. The number of benzene rings is 1. The Bertz CT molecular complexity index is 594. The number of halogens is 4. The molecule has 0 spiro atoms. The number of hydrogen-bond acceptors (Lipinski definition) is 3. The summed E-state index contributed by atoms with van der Waals surface area (Å²) < 4.78 is 50.5. The van der Waals surface area contributed by atoms with E-state index in [2.05, 4.69) is 4.98 Å². The quantitative estimate of drug-likeness (QED) is 0.856. The smallest absolute Gasteiger partial charge is 0.383 e. The van der Waals surface area contributed by atoms with Crippen LogP contribution in [0.3, 0.4) is 0 Å². The van der Waals surface area contributed by atoms with E-state index in [1.165, 1.54) is 12.1 Å². The number of aromatic nitrogens is 1. The van der Waals surface area contributed by atoms with Crippen molar-refractivity contribution in [2.24, 2.45) is 0 Å². The van der Waals surface area contributed by atoms with E-state index in [1.54, 1.807) is 6.92 Å². The highest BCUT2D eigenvalue weighted by Gasteiger charge is 2.35. The first-order valence-electron chi connectivity index (χ1n) is 5.26. The van der Waals surface area contributed by atoms with Gasteiger partial charge >= 0.3 is 6.18 Å². The molecule has 0 bridgehead atoms. The van der Waals surface area contributed by atoms with Crippen molar-refractivity contribution in [1.82, 2.24) is 4.98 Å². The van der Waals surface area contributed by atoms with E-state index in [9.17, 15) is 22.7 Å². The minimum atomic E-state index is -4.54. The monoisotopic (exact) mass is 291 g/mol. The van der Waals surface area contributed by atoms with Crippen LogP contribution in [-0.4, -0.2) is 10.1 Å². The molecule has 1 atom stereocenters. The SMILES string of the molecule is Cc1ccc(C(O)c2cnc(C(F)(F)F)s2)cc1F. The summed E-state index contributed by atoms with van der Waals surface area (Å²) in [4.78, 5) is 3.24. The summed E-state index contributed by atoms with van der Waals surface area (Å²) in [5, 5.41) is 8.89. The molecule has 0 aliphatic heterocycles. The Kier molecular flexibility index (Phi) is 3.60. The maximum absolute atomic E-state index is 13.3. The van der Waals surface area contributed by atoms with Crippen LogP contribution in [-0.2, 0) is 6.18 Å². The van der Waals surface area contributed by atoms with Crippen LogP contribution >= 0.6 is 11.3 Å². The highest BCUT2D eigenvalue weighted by molar-refractivity contribution is 7.11. The summed E-state index contributed by atoms with van der Waals surface area (Å²) in [6, 6.07) is 4.03. The molecule has 1 aromatic carbocycles. The van der Waals surface area contributed by atoms with E-state index < -0.39 is 23.1 Å². The number of rotatable bonds is 2. The molecule has 0 fully saturated rings. The van der Waals surface area contributed by atoms with Crippen molar-refractivity contribution in [3.8, 4) is 0 Å². The third-order valence-electron chi connectivity index (χ3n) is 2.55. The predicted octanol–water partition coefficient (Wildman–Crippen LogP) is 3.69. The zero-order valence-electron chi connectivity index (χ0n) is 9.70. The highest BCUT2D eigenvalue weighted by Crippen LogP contribution is 2.36. The van der Waals surface area contributed by atoms with Crippen molar-refractivity contribution in [3.63, 3.8) is 0 Å². The van der Waals surface area contributed by atoms with Crippen molar-refractivity contribution < 1.29 is 22.7 Å². The molecule has 2 aromatic rings. The molecular weight excluding hydrogens is 282 g/mol. The summed E-state index contributed by atoms with van der Waals surface area (Å²) in [5.74, 6) is -0.517. The third-order valence-corrected chi connectivity index (χ3v) is 3.64. The second kappa shape index (κ2) is 4.90. The lowest BCUT2D eigenvalue weighted by Gasteiger charge is -2.09. The maximum Gasteiger partial charge on any atom is 0.443 e. The van der Waals surface area contributed by atoms with Gasteiger partial charge in [0, 0.05) is 6.20 Å². The van der Waals surface area contributed by atoms with Crippen LogP contribution in [0, 0.1) is 12.7 Å². The molecule has 1 aromatic heterocycles. The minimum absolute atomic E-state index is 0.0237. The largest absolute Gasteiger partial charge is 0.443 e. The van der Waals surface area contributed by atoms with E-state index in [4.69, 9.17) is 0 Å². The van der Waals surface area contributed by atoms with Gasteiger partial charge < -0.3 is 5.11 Å². The van der Waals surface area contributed by atoms with E-state index >= 15 is 0 Å². The zero-order valence-corrected chi connectivity index (χ0v) is 10.5. The standard InChI is InChI=1S/C12H9F4NOS/c1-6-2-3-7(4-8(6)13)10(18)9-5-17-11(19-9)12(14,15)16/h2-5,10,18H,1H3. The Labute approximate surface area is 110 Å². The minimum Gasteiger partial charge on any atom is -0.383 e. The number of thiazole rings is 1. The Balaban J connectivity index is 2.31. The van der Waals surface area contributed by atoms with Gasteiger partial charge in [-0.25, -0.2) is 9.37 Å². The summed E-state index contributed by atoms with van der Waals surface area (Å²) in [7, 11) is 0. The molecule has 2 rings (SSSR count). The van der Waals surface area contributed by atoms with Gasteiger partial charge in [-0.05, 0) is 24.1 Å². The average molecular weight is 291 g/mol. The van der Waals surface area contributed by atoms with Gasteiger partial charge in [0.2, 0.25) is 0 Å². The first kappa shape index (κ1) is 14.0. The van der Waals surface area contributed by atoms with Gasteiger partial charge in [0.25, 0.3) is 0 Å². The topological polar surface area (TPSA) is 33.1 Å². The lowest BCUT2D eigenvalue weighted by atomic mass is 10.1. The van der Waals surface area contributed by atoms with Crippen molar-refractivity contribution in [2.75, 3.05) is 0 Å². The average Bonchev–Trinajstić information content (AvgIpc) is 2.81. The molecule has 1 N–H and O–H groups in total. The van der Waals surface area contributed by atoms with Gasteiger partial charge in [0.15, 0.2) is 5.01 Å². The summed E-state index contributed by atoms with van der Waals surface area (Å²) >= 11 is 0.344. The molecule has 0 amide bonds. The Morgan fingerprint density at radius 1 is 1.32 bits per heavy atom. The molecular formula is C12H9F4NOS. The van der Waals surface area contributed by atoms with Crippen molar-refractivity contribution in [1.29, 1.82) is 0 Å². The number of nitrogens with zero attached hydrogens (tertiary/aromatic N) is 1.